The Balaban J connectivity index is 0.996. The van der Waals surface area contributed by atoms with Crippen LogP contribution >= 0.6 is 11.3 Å². The highest BCUT2D eigenvalue weighted by Gasteiger charge is 2.45. The molecule has 0 fully saturated rings. The number of hydrogen-bond donors (Lipinski definition) is 0. The summed E-state index contributed by atoms with van der Waals surface area (Å²) in [6.45, 7) is 0. The summed E-state index contributed by atoms with van der Waals surface area (Å²) in [6.07, 6.45) is 0. The molecule has 9 aromatic carbocycles. The van der Waals surface area contributed by atoms with E-state index >= 15 is 0 Å². The molecular formula is C55H37NS. The lowest BCUT2D eigenvalue weighted by Gasteiger charge is -2.34. The summed E-state index contributed by atoms with van der Waals surface area (Å²) < 4.78 is 2.61. The fraction of sp³-hybridized carbons (Fsp3) is 0.0182. The lowest BCUT2D eigenvalue weighted by molar-refractivity contribution is 0.770. The molecule has 1 heterocycles. The average molecular weight is 744 g/mol. The second-order valence-electron chi connectivity index (χ2n) is 14.9. The number of nitrogens with zero attached hydrogens (tertiary/aromatic N) is 1. The smallest absolute Gasteiger partial charge is 0.0713 e. The van der Waals surface area contributed by atoms with Crippen LogP contribution in [-0.2, 0) is 5.41 Å². The maximum Gasteiger partial charge on any atom is 0.0713 e. The van der Waals surface area contributed by atoms with Crippen LogP contribution in [0.1, 0.15) is 22.3 Å². The summed E-state index contributed by atoms with van der Waals surface area (Å²) in [5.41, 5.74) is 15.7. The molecule has 0 spiro atoms. The standard InChI is InChI=1S/C55H37NS/c1-4-17-42(18-5-1)55(51-25-12-10-23-47(51)48-24-11-13-26-52(48)55)43-30-34-54-50(37-43)49-36-41(29-33-53(49)57-54)40-16-14-15-39(35-40)38-27-31-46(32-28-38)56(44-19-6-2-7-20-44)45-21-8-3-9-22-45/h1-37H. The van der Waals surface area contributed by atoms with E-state index in [4.69, 9.17) is 0 Å². The van der Waals surface area contributed by atoms with E-state index in [1.165, 1.54) is 75.8 Å². The number of hydrogen-bond acceptors (Lipinski definition) is 2. The van der Waals surface area contributed by atoms with Crippen LogP contribution in [0.2, 0.25) is 0 Å². The third-order valence-corrected chi connectivity index (χ3v) is 12.9. The Kier molecular flexibility index (Phi) is 7.98. The molecule has 0 saturated carbocycles. The van der Waals surface area contributed by atoms with Crippen molar-refractivity contribution in [2.45, 2.75) is 5.41 Å². The van der Waals surface area contributed by atoms with E-state index in [0.717, 1.165) is 17.1 Å². The second kappa shape index (κ2) is 13.6. The van der Waals surface area contributed by atoms with Gasteiger partial charge in [0.05, 0.1) is 5.41 Å². The lowest BCUT2D eigenvalue weighted by Crippen LogP contribution is -2.28. The fourth-order valence-electron chi connectivity index (χ4n) is 9.18. The Morgan fingerprint density at radius 2 is 0.789 bits per heavy atom. The molecule has 0 atom stereocenters. The Hall–Kier alpha value is -7.00. The zero-order valence-electron chi connectivity index (χ0n) is 31.2. The van der Waals surface area contributed by atoms with E-state index < -0.39 is 5.41 Å². The van der Waals surface area contributed by atoms with Gasteiger partial charge in [0.15, 0.2) is 0 Å². The first kappa shape index (κ1) is 33.3. The summed E-state index contributed by atoms with van der Waals surface area (Å²) in [4.78, 5) is 2.30. The normalized spacial score (nSPS) is 12.7. The summed E-state index contributed by atoms with van der Waals surface area (Å²) in [5, 5.41) is 2.61. The van der Waals surface area contributed by atoms with Crippen LogP contribution in [0.4, 0.5) is 17.1 Å². The third-order valence-electron chi connectivity index (χ3n) is 11.7. The van der Waals surface area contributed by atoms with E-state index in [0.29, 0.717) is 0 Å². The largest absolute Gasteiger partial charge is 0.311 e. The van der Waals surface area contributed by atoms with Crippen molar-refractivity contribution in [1.29, 1.82) is 0 Å². The molecule has 1 aromatic heterocycles. The van der Waals surface area contributed by atoms with E-state index in [2.05, 4.69) is 229 Å². The predicted molar refractivity (Wildman–Crippen MR) is 242 cm³/mol. The van der Waals surface area contributed by atoms with Crippen molar-refractivity contribution in [2.24, 2.45) is 0 Å². The molecule has 1 aliphatic carbocycles. The minimum atomic E-state index is -0.419. The fourth-order valence-corrected chi connectivity index (χ4v) is 10.3. The van der Waals surface area contributed by atoms with Gasteiger partial charge in [-0.15, -0.1) is 11.3 Å². The molecule has 2 heteroatoms. The molecule has 268 valence electrons. The quantitative estimate of drug-likeness (QED) is 0.157. The van der Waals surface area contributed by atoms with Crippen molar-refractivity contribution in [3.8, 4) is 33.4 Å². The number of para-hydroxylation sites is 2. The van der Waals surface area contributed by atoms with Crippen LogP contribution in [0.15, 0.2) is 224 Å². The maximum absolute atomic E-state index is 2.48. The van der Waals surface area contributed by atoms with Gasteiger partial charge in [0.1, 0.15) is 0 Å². The predicted octanol–water partition coefficient (Wildman–Crippen LogP) is 15.2. The molecule has 57 heavy (non-hydrogen) atoms. The van der Waals surface area contributed by atoms with Crippen molar-refractivity contribution >= 4 is 48.6 Å². The van der Waals surface area contributed by atoms with E-state index in [-0.39, 0.29) is 0 Å². The third kappa shape index (κ3) is 5.44. The van der Waals surface area contributed by atoms with Gasteiger partial charge in [0.2, 0.25) is 0 Å². The minimum Gasteiger partial charge on any atom is -0.311 e. The molecule has 1 nitrogen and oxygen atoms in total. The molecule has 11 rings (SSSR count). The van der Waals surface area contributed by atoms with Crippen LogP contribution in [0.25, 0.3) is 53.6 Å². The number of thiophene rings is 1. The van der Waals surface area contributed by atoms with Crippen molar-refractivity contribution in [1.82, 2.24) is 0 Å². The molecule has 0 bridgehead atoms. The van der Waals surface area contributed by atoms with Gasteiger partial charge < -0.3 is 4.90 Å². The summed E-state index contributed by atoms with van der Waals surface area (Å²) in [5.74, 6) is 0. The van der Waals surface area contributed by atoms with Gasteiger partial charge >= 0.3 is 0 Å². The zero-order chi connectivity index (χ0) is 37.8. The molecular weight excluding hydrogens is 707 g/mol. The van der Waals surface area contributed by atoms with Crippen LogP contribution in [-0.4, -0.2) is 0 Å². The molecule has 1 aliphatic rings. The molecule has 0 unspecified atom stereocenters. The molecule has 0 radical (unpaired) electrons. The van der Waals surface area contributed by atoms with Crippen molar-refractivity contribution < 1.29 is 0 Å². The monoisotopic (exact) mass is 743 g/mol. The van der Waals surface area contributed by atoms with Crippen LogP contribution in [0.3, 0.4) is 0 Å². The zero-order valence-corrected chi connectivity index (χ0v) is 32.0. The topological polar surface area (TPSA) is 3.24 Å². The summed E-state index contributed by atoms with van der Waals surface area (Å²) in [6, 6.07) is 82.3. The van der Waals surface area contributed by atoms with E-state index in [1.807, 2.05) is 11.3 Å². The molecule has 0 aliphatic heterocycles. The first-order chi connectivity index (χ1) is 28.3. The molecule has 0 amide bonds. The van der Waals surface area contributed by atoms with E-state index in [1.54, 1.807) is 0 Å². The number of anilines is 3. The SMILES string of the molecule is c1ccc(N(c2ccccc2)c2ccc(-c3cccc(-c4ccc5sc6ccc(C7(c8ccccc8)c8ccccc8-c8ccccc87)cc6c5c4)c3)cc2)cc1. The Labute approximate surface area is 337 Å². The van der Waals surface area contributed by atoms with Gasteiger partial charge in [-0.3, -0.25) is 0 Å². The second-order valence-corrected chi connectivity index (χ2v) is 15.9. The average Bonchev–Trinajstić information content (AvgIpc) is 3.81. The molecule has 10 aromatic rings. The number of fused-ring (bicyclic) bond motifs is 6. The van der Waals surface area contributed by atoms with Gasteiger partial charge in [-0.1, -0.05) is 158 Å². The molecule has 0 saturated heterocycles. The Bertz CT molecular complexity index is 2970. The first-order valence-electron chi connectivity index (χ1n) is 19.6. The van der Waals surface area contributed by atoms with Crippen molar-refractivity contribution in [2.75, 3.05) is 4.90 Å². The van der Waals surface area contributed by atoms with E-state index in [9.17, 15) is 0 Å². The summed E-state index contributed by atoms with van der Waals surface area (Å²) in [7, 11) is 0. The van der Waals surface area contributed by atoms with Crippen LogP contribution in [0.5, 0.6) is 0 Å². The van der Waals surface area contributed by atoms with Gasteiger partial charge in [0.25, 0.3) is 0 Å². The summed E-state index contributed by atoms with van der Waals surface area (Å²) >= 11 is 1.88. The highest BCUT2D eigenvalue weighted by atomic mass is 32.1. The van der Waals surface area contributed by atoms with Crippen LogP contribution in [0, 0.1) is 0 Å². The Morgan fingerprint density at radius 1 is 0.316 bits per heavy atom. The minimum absolute atomic E-state index is 0.419. The van der Waals surface area contributed by atoms with Crippen molar-refractivity contribution in [3.63, 3.8) is 0 Å². The highest BCUT2D eigenvalue weighted by molar-refractivity contribution is 7.25. The van der Waals surface area contributed by atoms with Gasteiger partial charge in [-0.2, -0.15) is 0 Å². The first-order valence-corrected chi connectivity index (χ1v) is 20.4. The maximum atomic E-state index is 2.48. The van der Waals surface area contributed by atoms with Gasteiger partial charge in [0, 0.05) is 37.2 Å². The highest BCUT2D eigenvalue weighted by Crippen LogP contribution is 2.56. The lowest BCUT2D eigenvalue weighted by atomic mass is 9.67. The molecule has 0 N–H and O–H groups in total. The number of rotatable bonds is 7. The number of benzene rings is 9. The Morgan fingerprint density at radius 3 is 1.42 bits per heavy atom. The van der Waals surface area contributed by atoms with Crippen LogP contribution < -0.4 is 4.90 Å². The van der Waals surface area contributed by atoms with Gasteiger partial charge in [-0.05, 0) is 122 Å². The van der Waals surface area contributed by atoms with Crippen molar-refractivity contribution in [3.05, 3.63) is 247 Å². The van der Waals surface area contributed by atoms with Gasteiger partial charge in [-0.25, -0.2) is 0 Å².